The summed E-state index contributed by atoms with van der Waals surface area (Å²) >= 11 is 0. The fourth-order valence-corrected chi connectivity index (χ4v) is 2.25. The normalized spacial score (nSPS) is 17.6. The van der Waals surface area contributed by atoms with Crippen molar-refractivity contribution in [2.75, 3.05) is 0 Å². The van der Waals surface area contributed by atoms with Crippen LogP contribution in [0.4, 0.5) is 0 Å². The molecule has 1 aliphatic carbocycles. The van der Waals surface area contributed by atoms with Crippen molar-refractivity contribution in [3.63, 3.8) is 0 Å². The number of rotatable bonds is 0. The van der Waals surface area contributed by atoms with Gasteiger partial charge >= 0.3 is 0 Å². The molecule has 2 aromatic rings. The van der Waals surface area contributed by atoms with E-state index in [0.29, 0.717) is 5.92 Å². The zero-order valence-electron chi connectivity index (χ0n) is 8.07. The van der Waals surface area contributed by atoms with Gasteiger partial charge in [0.05, 0.1) is 5.69 Å². The zero-order valence-corrected chi connectivity index (χ0v) is 8.07. The lowest BCUT2D eigenvalue weighted by Gasteiger charge is -2.03. The average Bonchev–Trinajstić information content (AvgIpc) is 2.55. The van der Waals surface area contributed by atoms with E-state index in [4.69, 9.17) is 0 Å². The molecule has 1 aliphatic rings. The van der Waals surface area contributed by atoms with Crippen LogP contribution in [0.1, 0.15) is 24.0 Å². The smallest absolute Gasteiger partial charge is 0.0743 e. The van der Waals surface area contributed by atoms with Crippen LogP contribution in [-0.2, 0) is 0 Å². The standard InChI is InChI=1S/C13H11N/c1-9-10-5-2-3-6-12(10)13-11(9)7-4-8-14-13/h2-9H,1H3. The third kappa shape index (κ3) is 0.869. The first-order valence-corrected chi connectivity index (χ1v) is 4.92. The van der Waals surface area contributed by atoms with Crippen molar-refractivity contribution in [3.8, 4) is 11.3 Å². The van der Waals surface area contributed by atoms with Crippen LogP contribution in [0.15, 0.2) is 42.6 Å². The number of aromatic nitrogens is 1. The van der Waals surface area contributed by atoms with E-state index in [-0.39, 0.29) is 0 Å². The van der Waals surface area contributed by atoms with E-state index in [1.54, 1.807) is 0 Å². The summed E-state index contributed by atoms with van der Waals surface area (Å²) in [5, 5.41) is 0. The van der Waals surface area contributed by atoms with Gasteiger partial charge < -0.3 is 0 Å². The van der Waals surface area contributed by atoms with Crippen LogP contribution in [0.3, 0.4) is 0 Å². The lowest BCUT2D eigenvalue weighted by Crippen LogP contribution is -1.88. The zero-order chi connectivity index (χ0) is 9.54. The van der Waals surface area contributed by atoms with Crippen LogP contribution in [-0.4, -0.2) is 4.98 Å². The van der Waals surface area contributed by atoms with Gasteiger partial charge in [-0.05, 0) is 17.2 Å². The summed E-state index contributed by atoms with van der Waals surface area (Å²) in [7, 11) is 0. The van der Waals surface area contributed by atoms with E-state index < -0.39 is 0 Å². The van der Waals surface area contributed by atoms with E-state index >= 15 is 0 Å². The van der Waals surface area contributed by atoms with Crippen molar-refractivity contribution in [3.05, 3.63) is 53.7 Å². The summed E-state index contributed by atoms with van der Waals surface area (Å²) in [6.45, 7) is 2.24. The van der Waals surface area contributed by atoms with Gasteiger partial charge in [0, 0.05) is 17.7 Å². The molecule has 1 nitrogen and oxygen atoms in total. The summed E-state index contributed by atoms with van der Waals surface area (Å²) in [5.74, 6) is 0.495. The number of hydrogen-bond donors (Lipinski definition) is 0. The highest BCUT2D eigenvalue weighted by Crippen LogP contribution is 2.42. The van der Waals surface area contributed by atoms with E-state index in [1.807, 2.05) is 12.3 Å². The maximum atomic E-state index is 4.45. The molecule has 14 heavy (non-hydrogen) atoms. The predicted molar refractivity (Wildman–Crippen MR) is 57.2 cm³/mol. The second kappa shape index (κ2) is 2.68. The highest BCUT2D eigenvalue weighted by atomic mass is 14.7. The Hall–Kier alpha value is -1.63. The third-order valence-corrected chi connectivity index (χ3v) is 2.99. The Morgan fingerprint density at radius 3 is 2.71 bits per heavy atom. The highest BCUT2D eigenvalue weighted by molar-refractivity contribution is 5.75. The summed E-state index contributed by atoms with van der Waals surface area (Å²) in [6, 6.07) is 12.7. The van der Waals surface area contributed by atoms with Gasteiger partial charge in [-0.25, -0.2) is 0 Å². The van der Waals surface area contributed by atoms with Gasteiger partial charge in [-0.3, -0.25) is 4.98 Å². The Morgan fingerprint density at radius 1 is 1.00 bits per heavy atom. The maximum Gasteiger partial charge on any atom is 0.0743 e. The van der Waals surface area contributed by atoms with Crippen molar-refractivity contribution in [2.24, 2.45) is 0 Å². The van der Waals surface area contributed by atoms with Gasteiger partial charge in [0.1, 0.15) is 0 Å². The van der Waals surface area contributed by atoms with Crippen LogP contribution in [0.5, 0.6) is 0 Å². The largest absolute Gasteiger partial charge is 0.256 e. The average molecular weight is 181 g/mol. The monoisotopic (exact) mass is 181 g/mol. The van der Waals surface area contributed by atoms with Gasteiger partial charge in [0.15, 0.2) is 0 Å². The van der Waals surface area contributed by atoms with Crippen LogP contribution >= 0.6 is 0 Å². The minimum Gasteiger partial charge on any atom is -0.256 e. The van der Waals surface area contributed by atoms with Crippen LogP contribution in [0.2, 0.25) is 0 Å². The molecule has 1 aromatic carbocycles. The van der Waals surface area contributed by atoms with Gasteiger partial charge in [-0.1, -0.05) is 37.3 Å². The number of benzene rings is 1. The molecule has 0 amide bonds. The van der Waals surface area contributed by atoms with Crippen LogP contribution in [0.25, 0.3) is 11.3 Å². The lowest BCUT2D eigenvalue weighted by molar-refractivity contribution is 0.952. The van der Waals surface area contributed by atoms with Crippen molar-refractivity contribution < 1.29 is 0 Å². The molecule has 3 rings (SSSR count). The molecule has 1 heteroatoms. The molecular weight excluding hydrogens is 170 g/mol. The SMILES string of the molecule is CC1c2ccccc2-c2ncccc21. The third-order valence-electron chi connectivity index (χ3n) is 2.99. The topological polar surface area (TPSA) is 12.9 Å². The molecule has 1 aromatic heterocycles. The molecule has 68 valence electrons. The molecule has 1 atom stereocenters. The van der Waals surface area contributed by atoms with Crippen LogP contribution in [0, 0.1) is 0 Å². The number of fused-ring (bicyclic) bond motifs is 3. The predicted octanol–water partition coefficient (Wildman–Crippen LogP) is 3.21. The first kappa shape index (κ1) is 7.74. The summed E-state index contributed by atoms with van der Waals surface area (Å²) < 4.78 is 0. The molecule has 1 unspecified atom stereocenters. The molecule has 0 N–H and O–H groups in total. The minimum atomic E-state index is 0.495. The van der Waals surface area contributed by atoms with Crippen molar-refractivity contribution >= 4 is 0 Å². The molecule has 0 fully saturated rings. The Morgan fingerprint density at radius 2 is 1.79 bits per heavy atom. The Balaban J connectivity index is 2.36. The second-order valence-electron chi connectivity index (χ2n) is 3.75. The van der Waals surface area contributed by atoms with E-state index in [2.05, 4.69) is 42.2 Å². The van der Waals surface area contributed by atoms with E-state index in [1.165, 1.54) is 16.7 Å². The molecule has 1 heterocycles. The fourth-order valence-electron chi connectivity index (χ4n) is 2.25. The summed E-state index contributed by atoms with van der Waals surface area (Å²) in [5.41, 5.74) is 5.22. The maximum absolute atomic E-state index is 4.45. The number of pyridine rings is 1. The molecule has 0 spiro atoms. The summed E-state index contributed by atoms with van der Waals surface area (Å²) in [4.78, 5) is 4.45. The number of hydrogen-bond acceptors (Lipinski definition) is 1. The first-order valence-electron chi connectivity index (χ1n) is 4.92. The highest BCUT2D eigenvalue weighted by Gasteiger charge is 2.24. The summed E-state index contributed by atoms with van der Waals surface area (Å²) in [6.07, 6.45) is 1.87. The van der Waals surface area contributed by atoms with Gasteiger partial charge in [0.2, 0.25) is 0 Å². The van der Waals surface area contributed by atoms with Gasteiger partial charge in [0.25, 0.3) is 0 Å². The lowest BCUT2D eigenvalue weighted by atomic mass is 10.0. The second-order valence-corrected chi connectivity index (χ2v) is 3.75. The Kier molecular flexibility index (Phi) is 1.48. The van der Waals surface area contributed by atoms with Gasteiger partial charge in [-0.15, -0.1) is 0 Å². The molecule has 0 saturated carbocycles. The first-order chi connectivity index (χ1) is 6.88. The number of nitrogens with zero attached hydrogens (tertiary/aromatic N) is 1. The quantitative estimate of drug-likeness (QED) is 0.608. The van der Waals surface area contributed by atoms with Gasteiger partial charge in [-0.2, -0.15) is 0 Å². The molecule has 0 bridgehead atoms. The van der Waals surface area contributed by atoms with Crippen LogP contribution < -0.4 is 0 Å². The van der Waals surface area contributed by atoms with Crippen molar-refractivity contribution in [1.29, 1.82) is 0 Å². The minimum absolute atomic E-state index is 0.495. The fraction of sp³-hybridized carbons (Fsp3) is 0.154. The van der Waals surface area contributed by atoms with E-state index in [9.17, 15) is 0 Å². The van der Waals surface area contributed by atoms with Crippen molar-refractivity contribution in [2.45, 2.75) is 12.8 Å². The van der Waals surface area contributed by atoms with E-state index in [0.717, 1.165) is 5.69 Å². The molecule has 0 radical (unpaired) electrons. The Labute approximate surface area is 83.4 Å². The molecular formula is C13H11N. The Bertz CT molecular complexity index is 443. The molecule has 0 aliphatic heterocycles. The van der Waals surface area contributed by atoms with Crippen molar-refractivity contribution in [1.82, 2.24) is 4.98 Å². The molecule has 0 saturated heterocycles.